The highest BCUT2D eigenvalue weighted by molar-refractivity contribution is 9.10. The van der Waals surface area contributed by atoms with Crippen LogP contribution in [-0.2, 0) is 0 Å². The lowest BCUT2D eigenvalue weighted by molar-refractivity contribution is 0.184. The van der Waals surface area contributed by atoms with E-state index in [0.717, 1.165) is 15.9 Å². The van der Waals surface area contributed by atoms with Crippen LogP contribution in [0, 0.1) is 0 Å². The van der Waals surface area contributed by atoms with E-state index in [2.05, 4.69) is 15.9 Å². The minimum atomic E-state index is 0.371. The van der Waals surface area contributed by atoms with E-state index >= 15 is 0 Å². The zero-order valence-electron chi connectivity index (χ0n) is 9.42. The molecule has 0 radical (unpaired) electrons. The molecular formula is C13H18BrNO. The third-order valence-corrected chi connectivity index (χ3v) is 3.46. The van der Waals surface area contributed by atoms with E-state index in [4.69, 9.17) is 10.5 Å². The van der Waals surface area contributed by atoms with Gasteiger partial charge in [-0.25, -0.2) is 0 Å². The van der Waals surface area contributed by atoms with Crippen LogP contribution in [0.2, 0.25) is 0 Å². The summed E-state index contributed by atoms with van der Waals surface area (Å²) in [4.78, 5) is 0. The van der Waals surface area contributed by atoms with Crippen molar-refractivity contribution < 1.29 is 4.74 Å². The minimum Gasteiger partial charge on any atom is -0.490 e. The lowest BCUT2D eigenvalue weighted by atomic mass is 10.1. The molecule has 0 saturated heterocycles. The Morgan fingerprint density at radius 3 is 2.38 bits per heavy atom. The molecule has 1 saturated carbocycles. The van der Waals surface area contributed by atoms with Crippen molar-refractivity contribution >= 4 is 21.6 Å². The highest BCUT2D eigenvalue weighted by Gasteiger charge is 2.13. The molecule has 2 nitrogen and oxygen atoms in total. The summed E-state index contributed by atoms with van der Waals surface area (Å²) in [5, 5.41) is 0. The Balaban J connectivity index is 2.01. The summed E-state index contributed by atoms with van der Waals surface area (Å²) >= 11 is 3.43. The Hall–Kier alpha value is -0.700. The van der Waals surface area contributed by atoms with Gasteiger partial charge >= 0.3 is 0 Å². The maximum Gasteiger partial charge on any atom is 0.122 e. The number of hydrogen-bond acceptors (Lipinski definition) is 2. The molecule has 0 amide bonds. The van der Waals surface area contributed by atoms with E-state index in [-0.39, 0.29) is 0 Å². The van der Waals surface area contributed by atoms with Crippen LogP contribution in [0.4, 0.5) is 5.69 Å². The number of nitrogen functional groups attached to an aromatic ring is 1. The second-order valence-electron chi connectivity index (χ2n) is 4.45. The Morgan fingerprint density at radius 1 is 1.06 bits per heavy atom. The van der Waals surface area contributed by atoms with E-state index in [9.17, 15) is 0 Å². The molecule has 0 aromatic heterocycles. The van der Waals surface area contributed by atoms with Crippen LogP contribution >= 0.6 is 15.9 Å². The summed E-state index contributed by atoms with van der Waals surface area (Å²) < 4.78 is 6.97. The number of halogens is 1. The molecule has 1 fully saturated rings. The standard InChI is InChI=1S/C13H18BrNO/c14-10-7-11(15)9-13(8-10)16-12-5-3-1-2-4-6-12/h7-9,12H,1-6,15H2. The van der Waals surface area contributed by atoms with Gasteiger partial charge in [0, 0.05) is 16.2 Å². The number of ether oxygens (including phenoxy) is 1. The molecule has 1 aromatic rings. The smallest absolute Gasteiger partial charge is 0.122 e. The number of rotatable bonds is 2. The summed E-state index contributed by atoms with van der Waals surface area (Å²) in [6, 6.07) is 5.77. The van der Waals surface area contributed by atoms with Gasteiger partial charge in [0.05, 0.1) is 6.10 Å². The van der Waals surface area contributed by atoms with E-state index in [1.54, 1.807) is 0 Å². The van der Waals surface area contributed by atoms with Crippen molar-refractivity contribution in [2.24, 2.45) is 0 Å². The van der Waals surface area contributed by atoms with Crippen LogP contribution in [0.15, 0.2) is 22.7 Å². The molecule has 0 bridgehead atoms. The second kappa shape index (κ2) is 5.58. The molecule has 0 atom stereocenters. The lowest BCUT2D eigenvalue weighted by Gasteiger charge is -2.17. The first-order chi connectivity index (χ1) is 7.74. The minimum absolute atomic E-state index is 0.371. The topological polar surface area (TPSA) is 35.2 Å². The van der Waals surface area contributed by atoms with E-state index in [0.29, 0.717) is 6.10 Å². The Morgan fingerprint density at radius 2 is 1.75 bits per heavy atom. The molecular weight excluding hydrogens is 266 g/mol. The van der Waals surface area contributed by atoms with Gasteiger partial charge < -0.3 is 10.5 Å². The fraction of sp³-hybridized carbons (Fsp3) is 0.538. The monoisotopic (exact) mass is 283 g/mol. The van der Waals surface area contributed by atoms with Crippen molar-refractivity contribution in [1.29, 1.82) is 0 Å². The Bertz CT molecular complexity index is 326. The predicted molar refractivity (Wildman–Crippen MR) is 70.7 cm³/mol. The van der Waals surface area contributed by atoms with Gasteiger partial charge in [-0.2, -0.15) is 0 Å². The lowest BCUT2D eigenvalue weighted by Crippen LogP contribution is -2.15. The van der Waals surface area contributed by atoms with Gasteiger partial charge in [0.1, 0.15) is 5.75 Å². The number of nitrogens with two attached hydrogens (primary N) is 1. The van der Waals surface area contributed by atoms with Crippen LogP contribution < -0.4 is 10.5 Å². The Labute approximate surface area is 105 Å². The molecule has 0 unspecified atom stereocenters. The first kappa shape index (κ1) is 11.8. The Kier molecular flexibility index (Phi) is 4.10. The fourth-order valence-corrected chi connectivity index (χ4v) is 2.69. The summed E-state index contributed by atoms with van der Waals surface area (Å²) in [6.45, 7) is 0. The van der Waals surface area contributed by atoms with Gasteiger partial charge in [-0.3, -0.25) is 0 Å². The molecule has 0 spiro atoms. The average Bonchev–Trinajstić information content (AvgIpc) is 2.44. The second-order valence-corrected chi connectivity index (χ2v) is 5.37. The van der Waals surface area contributed by atoms with Crippen molar-refractivity contribution in [2.75, 3.05) is 5.73 Å². The number of benzene rings is 1. The van der Waals surface area contributed by atoms with Gasteiger partial charge in [0.25, 0.3) is 0 Å². The van der Waals surface area contributed by atoms with Crippen LogP contribution in [-0.4, -0.2) is 6.10 Å². The first-order valence-electron chi connectivity index (χ1n) is 5.97. The summed E-state index contributed by atoms with van der Waals surface area (Å²) in [5.41, 5.74) is 6.53. The molecule has 3 heteroatoms. The summed E-state index contributed by atoms with van der Waals surface area (Å²) in [5.74, 6) is 0.888. The average molecular weight is 284 g/mol. The molecule has 0 heterocycles. The highest BCUT2D eigenvalue weighted by atomic mass is 79.9. The molecule has 88 valence electrons. The van der Waals surface area contributed by atoms with E-state index in [1.807, 2.05) is 18.2 Å². The van der Waals surface area contributed by atoms with Gasteiger partial charge in [0.2, 0.25) is 0 Å². The molecule has 16 heavy (non-hydrogen) atoms. The van der Waals surface area contributed by atoms with Gasteiger partial charge in [-0.05, 0) is 37.8 Å². The largest absolute Gasteiger partial charge is 0.490 e. The van der Waals surface area contributed by atoms with Gasteiger partial charge in [0.15, 0.2) is 0 Å². The van der Waals surface area contributed by atoms with Crippen LogP contribution in [0.1, 0.15) is 38.5 Å². The first-order valence-corrected chi connectivity index (χ1v) is 6.76. The van der Waals surface area contributed by atoms with Crippen molar-refractivity contribution in [3.63, 3.8) is 0 Å². The van der Waals surface area contributed by atoms with E-state index in [1.165, 1.54) is 38.5 Å². The summed E-state index contributed by atoms with van der Waals surface area (Å²) in [6.07, 6.45) is 7.98. The maximum atomic E-state index is 5.99. The van der Waals surface area contributed by atoms with Crippen molar-refractivity contribution in [3.05, 3.63) is 22.7 Å². The summed E-state index contributed by atoms with van der Waals surface area (Å²) in [7, 11) is 0. The SMILES string of the molecule is Nc1cc(Br)cc(OC2CCCCCC2)c1. The number of anilines is 1. The van der Waals surface area contributed by atoms with Crippen molar-refractivity contribution in [3.8, 4) is 5.75 Å². The third kappa shape index (κ3) is 3.41. The van der Waals surface area contributed by atoms with Gasteiger partial charge in [-0.1, -0.05) is 28.8 Å². The molecule has 1 aliphatic rings. The van der Waals surface area contributed by atoms with E-state index < -0.39 is 0 Å². The molecule has 2 rings (SSSR count). The molecule has 0 aliphatic heterocycles. The molecule has 1 aromatic carbocycles. The third-order valence-electron chi connectivity index (χ3n) is 3.00. The number of hydrogen-bond donors (Lipinski definition) is 1. The van der Waals surface area contributed by atoms with Crippen LogP contribution in [0.25, 0.3) is 0 Å². The van der Waals surface area contributed by atoms with Crippen molar-refractivity contribution in [1.82, 2.24) is 0 Å². The molecule has 1 aliphatic carbocycles. The van der Waals surface area contributed by atoms with Crippen molar-refractivity contribution in [2.45, 2.75) is 44.6 Å². The normalized spacial score (nSPS) is 18.1. The maximum absolute atomic E-state index is 5.99. The quantitative estimate of drug-likeness (QED) is 0.654. The van der Waals surface area contributed by atoms with Crippen LogP contribution in [0.5, 0.6) is 5.75 Å². The highest BCUT2D eigenvalue weighted by Crippen LogP contribution is 2.27. The predicted octanol–water partition coefficient (Wildman–Crippen LogP) is 4.13. The van der Waals surface area contributed by atoms with Gasteiger partial charge in [-0.15, -0.1) is 0 Å². The fourth-order valence-electron chi connectivity index (χ4n) is 2.20. The zero-order chi connectivity index (χ0) is 11.4. The zero-order valence-corrected chi connectivity index (χ0v) is 11.0. The molecule has 2 N–H and O–H groups in total. The van der Waals surface area contributed by atoms with Crippen LogP contribution in [0.3, 0.4) is 0 Å².